The molecule has 0 N–H and O–H groups in total. The third-order valence-electron chi connectivity index (χ3n) is 6.55. The molecular formula is C29H41NO2S. The Kier molecular flexibility index (Phi) is 11.2. The highest BCUT2D eigenvalue weighted by atomic mass is 32.1. The van der Waals surface area contributed by atoms with Crippen molar-refractivity contribution in [1.82, 2.24) is 4.90 Å². The topological polar surface area (TPSA) is 29.5 Å². The fourth-order valence-corrected chi connectivity index (χ4v) is 5.45. The number of rotatable bonds is 14. The third-order valence-corrected chi connectivity index (χ3v) is 7.48. The quantitative estimate of drug-likeness (QED) is 0.126. The van der Waals surface area contributed by atoms with Crippen LogP contribution in [0.4, 0.5) is 0 Å². The summed E-state index contributed by atoms with van der Waals surface area (Å²) < 4.78 is 5.81. The predicted molar refractivity (Wildman–Crippen MR) is 140 cm³/mol. The van der Waals surface area contributed by atoms with E-state index in [4.69, 9.17) is 4.74 Å². The van der Waals surface area contributed by atoms with Crippen LogP contribution < -0.4 is 4.74 Å². The second-order valence-electron chi connectivity index (χ2n) is 9.14. The maximum Gasteiger partial charge on any atom is 0.311 e. The van der Waals surface area contributed by atoms with E-state index in [1.54, 1.807) is 0 Å². The Bertz CT molecular complexity index is 859. The van der Waals surface area contributed by atoms with Crippen molar-refractivity contribution in [2.45, 2.75) is 90.5 Å². The van der Waals surface area contributed by atoms with Crippen molar-refractivity contribution in [3.05, 3.63) is 63.9 Å². The smallest absolute Gasteiger partial charge is 0.311 e. The Hall–Kier alpha value is -1.91. The second-order valence-corrected chi connectivity index (χ2v) is 10.2. The first-order valence-electron chi connectivity index (χ1n) is 12.9. The number of thiophene rings is 1. The molecule has 4 heteroatoms. The summed E-state index contributed by atoms with van der Waals surface area (Å²) in [6, 6.07) is 11.2. The molecule has 1 aliphatic carbocycles. The Morgan fingerprint density at radius 2 is 1.97 bits per heavy atom. The minimum Gasteiger partial charge on any atom is -0.426 e. The van der Waals surface area contributed by atoms with E-state index in [9.17, 15) is 4.79 Å². The molecule has 2 aromatic rings. The number of nitrogens with zero attached hydrogens (tertiary/aromatic N) is 1. The van der Waals surface area contributed by atoms with E-state index in [2.05, 4.69) is 54.5 Å². The summed E-state index contributed by atoms with van der Waals surface area (Å²) in [5.74, 6) is 0.663. The molecule has 0 saturated heterocycles. The van der Waals surface area contributed by atoms with Gasteiger partial charge in [0.05, 0.1) is 0 Å². The van der Waals surface area contributed by atoms with Gasteiger partial charge in [-0.1, -0.05) is 57.0 Å². The maximum atomic E-state index is 12.4. The van der Waals surface area contributed by atoms with Gasteiger partial charge in [-0.05, 0) is 86.6 Å². The van der Waals surface area contributed by atoms with E-state index in [1.807, 2.05) is 23.5 Å². The van der Waals surface area contributed by atoms with E-state index >= 15 is 0 Å². The molecule has 3 rings (SSSR count). The first-order valence-corrected chi connectivity index (χ1v) is 13.8. The number of benzene rings is 1. The minimum absolute atomic E-state index is 0.118. The van der Waals surface area contributed by atoms with Crippen LogP contribution in [0.5, 0.6) is 5.75 Å². The second kappa shape index (κ2) is 14.4. The zero-order valence-electron chi connectivity index (χ0n) is 20.6. The summed E-state index contributed by atoms with van der Waals surface area (Å²) in [6.45, 7) is 6.75. The summed E-state index contributed by atoms with van der Waals surface area (Å²) in [5.41, 5.74) is 2.59. The van der Waals surface area contributed by atoms with Crippen molar-refractivity contribution in [3.8, 4) is 5.75 Å². The highest BCUT2D eigenvalue weighted by molar-refractivity contribution is 7.09. The summed E-state index contributed by atoms with van der Waals surface area (Å²) in [7, 11) is 0. The van der Waals surface area contributed by atoms with Crippen molar-refractivity contribution in [2.75, 3.05) is 13.1 Å². The zero-order valence-corrected chi connectivity index (χ0v) is 21.4. The van der Waals surface area contributed by atoms with Gasteiger partial charge in [0.2, 0.25) is 0 Å². The SMILES string of the molecule is CCCCC/C=C/CCC(=O)Oc1cccc2c1CCC(N(CCC)CCc1cccs1)C2. The van der Waals surface area contributed by atoms with Crippen LogP contribution in [0, 0.1) is 0 Å². The average molecular weight is 468 g/mol. The van der Waals surface area contributed by atoms with Gasteiger partial charge in [-0.2, -0.15) is 0 Å². The van der Waals surface area contributed by atoms with Crippen LogP contribution in [0.25, 0.3) is 0 Å². The Balaban J connectivity index is 1.52. The molecule has 3 nitrogen and oxygen atoms in total. The van der Waals surface area contributed by atoms with Gasteiger partial charge < -0.3 is 4.74 Å². The first-order chi connectivity index (χ1) is 16.2. The first kappa shape index (κ1) is 25.7. The van der Waals surface area contributed by atoms with Gasteiger partial charge in [-0.25, -0.2) is 0 Å². The number of hydrogen-bond donors (Lipinski definition) is 0. The number of fused-ring (bicyclic) bond motifs is 1. The normalized spacial score (nSPS) is 15.8. The molecule has 0 fully saturated rings. The highest BCUT2D eigenvalue weighted by Gasteiger charge is 2.26. The van der Waals surface area contributed by atoms with E-state index in [0.717, 1.165) is 57.4 Å². The number of allylic oxidation sites excluding steroid dienone is 2. The molecule has 1 aliphatic rings. The van der Waals surface area contributed by atoms with Crippen LogP contribution in [0.15, 0.2) is 47.9 Å². The Morgan fingerprint density at radius 1 is 1.09 bits per heavy atom. The molecule has 0 bridgehead atoms. The van der Waals surface area contributed by atoms with E-state index in [-0.39, 0.29) is 5.97 Å². The van der Waals surface area contributed by atoms with Gasteiger partial charge in [0, 0.05) is 23.9 Å². The summed E-state index contributed by atoms with van der Waals surface area (Å²) in [4.78, 5) is 16.6. The molecule has 1 heterocycles. The van der Waals surface area contributed by atoms with Crippen LogP contribution in [-0.4, -0.2) is 30.0 Å². The van der Waals surface area contributed by atoms with E-state index in [0.29, 0.717) is 12.5 Å². The maximum absolute atomic E-state index is 12.4. The average Bonchev–Trinajstić information content (AvgIpc) is 3.35. The Labute approximate surface area is 204 Å². The van der Waals surface area contributed by atoms with Crippen molar-refractivity contribution in [2.24, 2.45) is 0 Å². The van der Waals surface area contributed by atoms with E-state index in [1.165, 1.54) is 41.7 Å². The fraction of sp³-hybridized carbons (Fsp3) is 0.552. The largest absolute Gasteiger partial charge is 0.426 e. The zero-order chi connectivity index (χ0) is 23.3. The lowest BCUT2D eigenvalue weighted by atomic mass is 9.86. The van der Waals surface area contributed by atoms with Gasteiger partial charge in [0.25, 0.3) is 0 Å². The molecule has 0 aliphatic heterocycles. The minimum atomic E-state index is -0.118. The lowest BCUT2D eigenvalue weighted by Crippen LogP contribution is -2.41. The van der Waals surface area contributed by atoms with Crippen molar-refractivity contribution < 1.29 is 9.53 Å². The summed E-state index contributed by atoms with van der Waals surface area (Å²) in [5, 5.41) is 2.17. The van der Waals surface area contributed by atoms with E-state index < -0.39 is 0 Å². The molecule has 180 valence electrons. The number of carbonyl (C=O) groups is 1. The number of hydrogen-bond acceptors (Lipinski definition) is 4. The van der Waals surface area contributed by atoms with Crippen LogP contribution in [-0.2, 0) is 24.1 Å². The molecule has 0 saturated carbocycles. The van der Waals surface area contributed by atoms with Crippen molar-refractivity contribution in [3.63, 3.8) is 0 Å². The highest BCUT2D eigenvalue weighted by Crippen LogP contribution is 2.32. The molecular weight excluding hydrogens is 426 g/mol. The monoisotopic (exact) mass is 467 g/mol. The van der Waals surface area contributed by atoms with Crippen LogP contribution in [0.3, 0.4) is 0 Å². The van der Waals surface area contributed by atoms with Crippen LogP contribution in [0.2, 0.25) is 0 Å². The predicted octanol–water partition coefficient (Wildman–Crippen LogP) is 7.38. The number of carbonyl (C=O) groups excluding carboxylic acids is 1. The van der Waals surface area contributed by atoms with Crippen molar-refractivity contribution in [1.29, 1.82) is 0 Å². The van der Waals surface area contributed by atoms with Gasteiger partial charge in [-0.3, -0.25) is 9.69 Å². The molecule has 1 unspecified atom stereocenters. The molecule has 0 radical (unpaired) electrons. The molecule has 1 atom stereocenters. The van der Waals surface area contributed by atoms with Crippen molar-refractivity contribution >= 4 is 17.3 Å². The lowest BCUT2D eigenvalue weighted by molar-refractivity contribution is -0.134. The van der Waals surface area contributed by atoms with Gasteiger partial charge in [-0.15, -0.1) is 11.3 Å². The van der Waals surface area contributed by atoms with Gasteiger partial charge in [0.1, 0.15) is 5.75 Å². The van der Waals surface area contributed by atoms with Gasteiger partial charge >= 0.3 is 5.97 Å². The van der Waals surface area contributed by atoms with Gasteiger partial charge in [0.15, 0.2) is 0 Å². The standard InChI is InChI=1S/C29H41NO2S/c1-3-5-6-7-8-9-10-16-29(31)32-28-15-11-13-24-23-25(17-18-27(24)28)30(20-4-2)21-19-26-14-12-22-33-26/h8-9,11-15,22,25H,3-7,10,16-21,23H2,1-2H3/b9-8+. The lowest BCUT2D eigenvalue weighted by Gasteiger charge is -2.35. The third kappa shape index (κ3) is 8.42. The molecule has 0 amide bonds. The number of ether oxygens (including phenoxy) is 1. The molecule has 1 aromatic heterocycles. The summed E-state index contributed by atoms with van der Waals surface area (Å²) >= 11 is 1.86. The summed E-state index contributed by atoms with van der Waals surface area (Å²) in [6.07, 6.45) is 15.9. The number of unbranched alkanes of at least 4 members (excludes halogenated alkanes) is 3. The Morgan fingerprint density at radius 3 is 2.76 bits per heavy atom. The molecule has 33 heavy (non-hydrogen) atoms. The molecule has 1 aromatic carbocycles. The fourth-order valence-electron chi connectivity index (χ4n) is 4.76. The number of esters is 1. The van der Waals surface area contributed by atoms with Crippen LogP contribution in [0.1, 0.15) is 81.2 Å². The molecule has 0 spiro atoms. The van der Waals surface area contributed by atoms with Crippen LogP contribution >= 0.6 is 11.3 Å².